The lowest BCUT2D eigenvalue weighted by Gasteiger charge is -2.24. The van der Waals surface area contributed by atoms with Crippen molar-refractivity contribution in [3.8, 4) is 17.2 Å². The van der Waals surface area contributed by atoms with Crippen LogP contribution in [0.3, 0.4) is 0 Å². The van der Waals surface area contributed by atoms with Gasteiger partial charge in [0.15, 0.2) is 11.5 Å². The number of carbonyl (C=O) groups is 2. The van der Waals surface area contributed by atoms with Crippen LogP contribution in [0.4, 0.5) is 15.3 Å². The van der Waals surface area contributed by atoms with Gasteiger partial charge in [-0.05, 0) is 0 Å². The number of rotatable bonds is 5. The standard InChI is InChI=1S/C14H14Cl6N2O7/c1-26-8-3-7(4-9(27-2)10(8)23)22(12(25)29-6-14(18,19)20)21-11(24)28-5-13(15,16)17/h3-4,23H,5-6H2,1-2H3,(H,21,24). The molecule has 0 heterocycles. The van der Waals surface area contributed by atoms with Gasteiger partial charge in [0.05, 0.1) is 19.9 Å². The molecule has 0 saturated heterocycles. The summed E-state index contributed by atoms with van der Waals surface area (Å²) >= 11 is 33.2. The van der Waals surface area contributed by atoms with Crippen LogP contribution in [0.2, 0.25) is 0 Å². The van der Waals surface area contributed by atoms with E-state index in [0.29, 0.717) is 5.01 Å². The first-order valence-electron chi connectivity index (χ1n) is 7.26. The summed E-state index contributed by atoms with van der Waals surface area (Å²) in [6.45, 7) is -1.27. The van der Waals surface area contributed by atoms with Gasteiger partial charge in [-0.25, -0.2) is 15.0 Å². The van der Waals surface area contributed by atoms with Crippen LogP contribution in [0.1, 0.15) is 0 Å². The molecule has 0 aliphatic heterocycles. The lowest BCUT2D eigenvalue weighted by atomic mass is 10.2. The van der Waals surface area contributed by atoms with E-state index in [1.165, 1.54) is 26.4 Å². The topological polar surface area (TPSA) is 107 Å². The molecule has 9 nitrogen and oxygen atoms in total. The first kappa shape index (κ1) is 25.9. The van der Waals surface area contributed by atoms with Crippen molar-refractivity contribution in [3.63, 3.8) is 0 Å². The molecule has 1 aromatic carbocycles. The van der Waals surface area contributed by atoms with Gasteiger partial charge >= 0.3 is 12.2 Å². The Balaban J connectivity index is 3.19. The number of benzene rings is 1. The molecule has 29 heavy (non-hydrogen) atoms. The van der Waals surface area contributed by atoms with Crippen LogP contribution in [-0.4, -0.2) is 52.3 Å². The van der Waals surface area contributed by atoms with Gasteiger partial charge in [-0.15, -0.1) is 0 Å². The molecule has 0 saturated carbocycles. The van der Waals surface area contributed by atoms with Crippen LogP contribution in [0, 0.1) is 0 Å². The number of amides is 2. The maximum atomic E-state index is 12.4. The molecule has 2 amide bonds. The van der Waals surface area contributed by atoms with E-state index >= 15 is 0 Å². The third-order valence-corrected chi connectivity index (χ3v) is 3.49. The number of methoxy groups -OCH3 is 2. The SMILES string of the molecule is COc1cc(N(NC(=O)OCC(Cl)(Cl)Cl)C(=O)OCC(Cl)(Cl)Cl)cc(OC)c1O. The molecule has 15 heteroatoms. The summed E-state index contributed by atoms with van der Waals surface area (Å²) in [6.07, 6.45) is -2.37. The molecule has 0 fully saturated rings. The molecule has 0 aliphatic rings. The van der Waals surface area contributed by atoms with Crippen molar-refractivity contribution in [2.75, 3.05) is 32.4 Å². The molecule has 2 N–H and O–H groups in total. The summed E-state index contributed by atoms with van der Waals surface area (Å²) in [7, 11) is 2.51. The summed E-state index contributed by atoms with van der Waals surface area (Å²) in [5.41, 5.74) is 1.99. The van der Waals surface area contributed by atoms with Crippen LogP contribution in [-0.2, 0) is 9.47 Å². The molecular weight excluding hydrogens is 521 g/mol. The molecule has 1 aromatic rings. The van der Waals surface area contributed by atoms with Crippen molar-refractivity contribution in [3.05, 3.63) is 12.1 Å². The Hall–Kier alpha value is -1.10. The highest BCUT2D eigenvalue weighted by atomic mass is 35.6. The second-order valence-corrected chi connectivity index (χ2v) is 10.0. The Morgan fingerprint density at radius 1 is 0.966 bits per heavy atom. The fourth-order valence-corrected chi connectivity index (χ4v) is 2.03. The van der Waals surface area contributed by atoms with Gasteiger partial charge in [0, 0.05) is 12.1 Å². The average Bonchev–Trinajstić information content (AvgIpc) is 2.61. The number of alkyl halides is 6. The average molecular weight is 535 g/mol. The Morgan fingerprint density at radius 3 is 1.83 bits per heavy atom. The Kier molecular flexibility index (Phi) is 9.65. The third kappa shape index (κ3) is 9.06. The van der Waals surface area contributed by atoms with Crippen LogP contribution in [0.15, 0.2) is 12.1 Å². The van der Waals surface area contributed by atoms with E-state index in [-0.39, 0.29) is 22.9 Å². The zero-order valence-corrected chi connectivity index (χ0v) is 19.2. The second kappa shape index (κ2) is 10.8. The summed E-state index contributed by atoms with van der Waals surface area (Å²) in [6, 6.07) is 2.37. The van der Waals surface area contributed by atoms with Crippen LogP contribution < -0.4 is 19.9 Å². The summed E-state index contributed by atoms with van der Waals surface area (Å²) in [4.78, 5) is 24.5. The minimum atomic E-state index is -1.92. The number of ether oxygens (including phenoxy) is 4. The normalized spacial score (nSPS) is 11.4. The number of aromatic hydroxyl groups is 1. The van der Waals surface area contributed by atoms with Crippen LogP contribution in [0.5, 0.6) is 17.2 Å². The number of nitrogens with one attached hydrogen (secondary N) is 1. The summed E-state index contributed by atoms with van der Waals surface area (Å²) in [5, 5.41) is 10.6. The van der Waals surface area contributed by atoms with Gasteiger partial charge < -0.3 is 24.1 Å². The van der Waals surface area contributed by atoms with Gasteiger partial charge in [-0.3, -0.25) is 0 Å². The number of halogens is 6. The van der Waals surface area contributed by atoms with E-state index < -0.39 is 33.0 Å². The zero-order chi connectivity index (χ0) is 22.4. The molecule has 0 unspecified atom stereocenters. The first-order valence-corrected chi connectivity index (χ1v) is 9.53. The molecule has 0 radical (unpaired) electrons. The highest BCUT2D eigenvalue weighted by molar-refractivity contribution is 6.68. The number of hydrogen-bond acceptors (Lipinski definition) is 7. The molecule has 164 valence electrons. The third-order valence-electron chi connectivity index (χ3n) is 2.83. The summed E-state index contributed by atoms with van der Waals surface area (Å²) in [5.74, 6) is -0.530. The first-order chi connectivity index (χ1) is 13.3. The fourth-order valence-electron chi connectivity index (χ4n) is 1.70. The zero-order valence-electron chi connectivity index (χ0n) is 14.7. The number of phenols is 1. The highest BCUT2D eigenvalue weighted by Crippen LogP contribution is 2.40. The van der Waals surface area contributed by atoms with E-state index in [4.69, 9.17) is 88.6 Å². The number of nitrogens with zero attached hydrogens (tertiary/aromatic N) is 1. The predicted octanol–water partition coefficient (Wildman–Crippen LogP) is 4.73. The van der Waals surface area contributed by atoms with E-state index in [1.807, 2.05) is 0 Å². The van der Waals surface area contributed by atoms with Crippen molar-refractivity contribution >= 4 is 87.5 Å². The van der Waals surface area contributed by atoms with Gasteiger partial charge in [-0.2, -0.15) is 5.01 Å². The largest absolute Gasteiger partial charge is 0.502 e. The van der Waals surface area contributed by atoms with Crippen molar-refractivity contribution in [2.24, 2.45) is 0 Å². The van der Waals surface area contributed by atoms with E-state index in [2.05, 4.69) is 5.43 Å². The monoisotopic (exact) mass is 532 g/mol. The van der Waals surface area contributed by atoms with Crippen LogP contribution >= 0.6 is 69.6 Å². The highest BCUT2D eigenvalue weighted by Gasteiger charge is 2.29. The molecular formula is C14H14Cl6N2O7. The molecule has 0 spiro atoms. The Labute approximate surface area is 195 Å². The molecule has 0 aliphatic carbocycles. The predicted molar refractivity (Wildman–Crippen MR) is 110 cm³/mol. The minimum absolute atomic E-state index is 0.0725. The van der Waals surface area contributed by atoms with Crippen molar-refractivity contribution in [1.82, 2.24) is 5.43 Å². The van der Waals surface area contributed by atoms with E-state index in [1.54, 1.807) is 0 Å². The van der Waals surface area contributed by atoms with Crippen LogP contribution in [0.25, 0.3) is 0 Å². The fraction of sp³-hybridized carbons (Fsp3) is 0.429. The molecule has 0 aromatic heterocycles. The lowest BCUT2D eigenvalue weighted by Crippen LogP contribution is -2.48. The van der Waals surface area contributed by atoms with Gasteiger partial charge in [0.1, 0.15) is 13.2 Å². The Morgan fingerprint density at radius 2 is 1.41 bits per heavy atom. The molecule has 0 atom stereocenters. The van der Waals surface area contributed by atoms with Crippen molar-refractivity contribution in [2.45, 2.75) is 7.59 Å². The minimum Gasteiger partial charge on any atom is -0.502 e. The quantitative estimate of drug-likeness (QED) is 0.415. The molecule has 0 bridgehead atoms. The Bertz CT molecular complexity index is 713. The maximum Gasteiger partial charge on any atom is 0.433 e. The van der Waals surface area contributed by atoms with Gasteiger partial charge in [0.25, 0.3) is 0 Å². The second-order valence-electron chi connectivity index (χ2n) is 5.01. The molecule has 1 rings (SSSR count). The number of hydrazine groups is 1. The van der Waals surface area contributed by atoms with Crippen molar-refractivity contribution in [1.29, 1.82) is 0 Å². The van der Waals surface area contributed by atoms with Gasteiger partial charge in [0.2, 0.25) is 13.3 Å². The van der Waals surface area contributed by atoms with Gasteiger partial charge in [-0.1, -0.05) is 69.6 Å². The summed E-state index contributed by atoms with van der Waals surface area (Å²) < 4.78 is 15.8. The van der Waals surface area contributed by atoms with E-state index in [0.717, 1.165) is 0 Å². The smallest absolute Gasteiger partial charge is 0.433 e. The number of carbonyl (C=O) groups excluding carboxylic acids is 2. The van der Waals surface area contributed by atoms with Crippen molar-refractivity contribution < 1.29 is 33.6 Å². The lowest BCUT2D eigenvalue weighted by molar-refractivity contribution is 0.135. The van der Waals surface area contributed by atoms with E-state index in [9.17, 15) is 14.7 Å². The number of hydrogen-bond donors (Lipinski definition) is 2. The maximum absolute atomic E-state index is 12.4. The number of anilines is 1. The number of phenolic OH excluding ortho intramolecular Hbond substituents is 1.